The van der Waals surface area contributed by atoms with E-state index in [1.165, 1.54) is 40.3 Å². The number of amides is 1. The Bertz CT molecular complexity index is 1430. The quantitative estimate of drug-likeness (QED) is 0.451. The van der Waals surface area contributed by atoms with E-state index in [4.69, 9.17) is 0 Å². The van der Waals surface area contributed by atoms with E-state index in [0.717, 1.165) is 12.1 Å². The van der Waals surface area contributed by atoms with Crippen LogP contribution in [0.1, 0.15) is 18.0 Å². The highest BCUT2D eigenvalue weighted by molar-refractivity contribution is 7.99. The van der Waals surface area contributed by atoms with Crippen LogP contribution in [-0.2, 0) is 11.2 Å². The minimum atomic E-state index is -0.345. The number of hydrogen-bond acceptors (Lipinski definition) is 5. The van der Waals surface area contributed by atoms with E-state index in [2.05, 4.69) is 10.1 Å². The van der Waals surface area contributed by atoms with Crippen LogP contribution in [0.5, 0.6) is 0 Å². The lowest BCUT2D eigenvalue weighted by Crippen LogP contribution is -2.33. The normalized spacial score (nSPS) is 17.0. The number of hydrogen-bond donors (Lipinski definition) is 0. The minimum absolute atomic E-state index is 0.0161. The van der Waals surface area contributed by atoms with Gasteiger partial charge in [-0.3, -0.25) is 14.2 Å². The molecule has 2 aliphatic rings. The zero-order valence-electron chi connectivity index (χ0n) is 16.9. The molecule has 2 aromatic carbocycles. The first kappa shape index (κ1) is 19.2. The molecule has 1 amide bonds. The number of anilines is 1. The first-order chi connectivity index (χ1) is 15.6. The zero-order valence-corrected chi connectivity index (χ0v) is 17.8. The Labute approximate surface area is 186 Å². The molecule has 160 valence electrons. The van der Waals surface area contributed by atoms with Crippen LogP contribution in [0.4, 0.5) is 10.1 Å². The highest BCUT2D eigenvalue weighted by Gasteiger charge is 2.32. The maximum Gasteiger partial charge on any atom is 0.265 e. The molecule has 7 nitrogen and oxygen atoms in total. The van der Waals surface area contributed by atoms with Crippen molar-refractivity contribution in [3.63, 3.8) is 0 Å². The van der Waals surface area contributed by atoms with Gasteiger partial charge < -0.3 is 4.90 Å². The molecule has 0 N–H and O–H groups in total. The third kappa shape index (κ3) is 2.96. The number of nitrogens with zero attached hydrogens (tertiary/aromatic N) is 5. The predicted molar refractivity (Wildman–Crippen MR) is 120 cm³/mol. The van der Waals surface area contributed by atoms with Gasteiger partial charge in [0.1, 0.15) is 11.2 Å². The van der Waals surface area contributed by atoms with E-state index in [-0.39, 0.29) is 29.7 Å². The monoisotopic (exact) mass is 447 g/mol. The Hall–Kier alpha value is -3.46. The molecule has 0 aliphatic carbocycles. The molecule has 0 saturated heterocycles. The molecule has 0 radical (unpaired) electrons. The summed E-state index contributed by atoms with van der Waals surface area (Å²) in [5.74, 6) is 0.283. The Morgan fingerprint density at radius 1 is 1.16 bits per heavy atom. The Morgan fingerprint density at radius 3 is 2.81 bits per heavy atom. The molecule has 0 saturated carbocycles. The molecule has 32 heavy (non-hydrogen) atoms. The summed E-state index contributed by atoms with van der Waals surface area (Å²) in [4.78, 5) is 32.9. The lowest BCUT2D eigenvalue weighted by atomic mass is 10.1. The highest BCUT2D eigenvalue weighted by Crippen LogP contribution is 2.35. The van der Waals surface area contributed by atoms with E-state index in [1.807, 2.05) is 29.2 Å². The first-order valence-corrected chi connectivity index (χ1v) is 11.4. The molecule has 0 fully saturated rings. The summed E-state index contributed by atoms with van der Waals surface area (Å²) in [6.07, 6.45) is 2.58. The van der Waals surface area contributed by atoms with Crippen molar-refractivity contribution in [2.45, 2.75) is 24.0 Å². The van der Waals surface area contributed by atoms with Gasteiger partial charge in [-0.15, -0.1) is 0 Å². The van der Waals surface area contributed by atoms with Crippen molar-refractivity contribution in [1.29, 1.82) is 0 Å². The standard InChI is InChI=1S/C23H18FN5O2S/c24-15-5-7-16(8-6-15)29-21-18(12-25-29)22(31)28-17(13-32-23(28)26-21)11-20(30)27-10-9-14-3-1-2-4-19(14)27/h1-8,12,17H,9-11,13H2/t17-/m0/s1. The predicted octanol–water partition coefficient (Wildman–Crippen LogP) is 3.35. The molecular weight excluding hydrogens is 429 g/mol. The number of aromatic nitrogens is 4. The Balaban J connectivity index is 1.33. The Morgan fingerprint density at radius 2 is 1.97 bits per heavy atom. The molecule has 4 aromatic rings. The van der Waals surface area contributed by atoms with Crippen LogP contribution in [0.15, 0.2) is 64.7 Å². The van der Waals surface area contributed by atoms with E-state index in [1.54, 1.807) is 16.7 Å². The topological polar surface area (TPSA) is 73.0 Å². The first-order valence-electron chi connectivity index (χ1n) is 10.4. The summed E-state index contributed by atoms with van der Waals surface area (Å²) in [7, 11) is 0. The maximum absolute atomic E-state index is 13.3. The number of rotatable bonds is 3. The van der Waals surface area contributed by atoms with Crippen molar-refractivity contribution < 1.29 is 9.18 Å². The van der Waals surface area contributed by atoms with Crippen molar-refractivity contribution in [2.75, 3.05) is 17.2 Å². The van der Waals surface area contributed by atoms with Crippen LogP contribution < -0.4 is 10.5 Å². The van der Waals surface area contributed by atoms with Gasteiger partial charge in [-0.2, -0.15) is 5.10 Å². The van der Waals surface area contributed by atoms with Gasteiger partial charge >= 0.3 is 0 Å². The van der Waals surface area contributed by atoms with Gasteiger partial charge in [-0.05, 0) is 42.3 Å². The fraction of sp³-hybridized carbons (Fsp3) is 0.217. The minimum Gasteiger partial charge on any atom is -0.312 e. The number of carbonyl (C=O) groups is 1. The molecular formula is C23H18FN5O2S. The van der Waals surface area contributed by atoms with Gasteiger partial charge in [-0.1, -0.05) is 30.0 Å². The fourth-order valence-corrected chi connectivity index (χ4v) is 5.59. The van der Waals surface area contributed by atoms with Gasteiger partial charge in [0.25, 0.3) is 5.56 Å². The second kappa shape index (κ2) is 7.30. The van der Waals surface area contributed by atoms with Crippen molar-refractivity contribution in [3.05, 3.63) is 76.5 Å². The summed E-state index contributed by atoms with van der Waals surface area (Å²) in [5.41, 5.74) is 2.99. The summed E-state index contributed by atoms with van der Waals surface area (Å²) < 4.78 is 16.5. The smallest absolute Gasteiger partial charge is 0.265 e. The van der Waals surface area contributed by atoms with Gasteiger partial charge in [0.2, 0.25) is 5.91 Å². The van der Waals surface area contributed by atoms with Crippen LogP contribution >= 0.6 is 11.8 Å². The third-order valence-corrected chi connectivity index (χ3v) is 7.14. The highest BCUT2D eigenvalue weighted by atomic mass is 32.2. The van der Waals surface area contributed by atoms with Crippen LogP contribution in [-0.4, -0.2) is 37.5 Å². The molecule has 0 unspecified atom stereocenters. The number of fused-ring (bicyclic) bond motifs is 3. The van der Waals surface area contributed by atoms with E-state index >= 15 is 0 Å². The number of benzene rings is 2. The molecule has 0 bridgehead atoms. The van der Waals surface area contributed by atoms with Crippen LogP contribution in [0, 0.1) is 5.82 Å². The van der Waals surface area contributed by atoms with Crippen molar-refractivity contribution in [1.82, 2.24) is 19.3 Å². The average molecular weight is 447 g/mol. The molecule has 2 aromatic heterocycles. The van der Waals surface area contributed by atoms with Crippen LogP contribution in [0.3, 0.4) is 0 Å². The number of para-hydroxylation sites is 1. The average Bonchev–Trinajstić information content (AvgIpc) is 3.52. The van der Waals surface area contributed by atoms with Gasteiger partial charge in [0.05, 0.1) is 17.9 Å². The molecule has 4 heterocycles. The molecule has 1 atom stereocenters. The lowest BCUT2D eigenvalue weighted by molar-refractivity contribution is -0.119. The number of halogens is 1. The lowest BCUT2D eigenvalue weighted by Gasteiger charge is -2.20. The summed E-state index contributed by atoms with van der Waals surface area (Å²) in [6, 6.07) is 13.6. The van der Waals surface area contributed by atoms with Crippen LogP contribution in [0.2, 0.25) is 0 Å². The van der Waals surface area contributed by atoms with Crippen molar-refractivity contribution >= 4 is 34.4 Å². The largest absolute Gasteiger partial charge is 0.312 e. The van der Waals surface area contributed by atoms with Gasteiger partial charge in [-0.25, -0.2) is 14.1 Å². The van der Waals surface area contributed by atoms with Gasteiger partial charge in [0, 0.05) is 24.4 Å². The fourth-order valence-electron chi connectivity index (χ4n) is 4.46. The molecule has 9 heteroatoms. The van der Waals surface area contributed by atoms with Crippen molar-refractivity contribution in [2.24, 2.45) is 0 Å². The summed E-state index contributed by atoms with van der Waals surface area (Å²) >= 11 is 1.46. The second-order valence-electron chi connectivity index (χ2n) is 7.93. The van der Waals surface area contributed by atoms with E-state index in [0.29, 0.717) is 34.2 Å². The number of carbonyl (C=O) groups excluding carboxylic acids is 1. The third-order valence-electron chi connectivity index (χ3n) is 6.04. The van der Waals surface area contributed by atoms with E-state index in [9.17, 15) is 14.0 Å². The Kier molecular flexibility index (Phi) is 4.39. The SMILES string of the molecule is O=C(C[C@H]1CSc2nc3c(cnn3-c3ccc(F)cc3)c(=O)n21)N1CCc2ccccc21. The van der Waals surface area contributed by atoms with Gasteiger partial charge in [0.15, 0.2) is 10.8 Å². The zero-order chi connectivity index (χ0) is 21.8. The number of thioether (sulfide) groups is 1. The molecule has 2 aliphatic heterocycles. The van der Waals surface area contributed by atoms with Crippen molar-refractivity contribution in [3.8, 4) is 5.69 Å². The van der Waals surface area contributed by atoms with Crippen LogP contribution in [0.25, 0.3) is 16.7 Å². The maximum atomic E-state index is 13.3. The van der Waals surface area contributed by atoms with E-state index < -0.39 is 0 Å². The summed E-state index contributed by atoms with van der Waals surface area (Å²) in [6.45, 7) is 0.668. The summed E-state index contributed by atoms with van der Waals surface area (Å²) in [5, 5.41) is 5.26. The molecule has 0 spiro atoms. The molecule has 6 rings (SSSR count). The second-order valence-corrected chi connectivity index (χ2v) is 8.92.